The highest BCUT2D eigenvalue weighted by Gasteiger charge is 2.15. The first-order chi connectivity index (χ1) is 8.08. The second kappa shape index (κ2) is 4.71. The molecule has 2 aromatic heterocycles. The van der Waals surface area contributed by atoms with Gasteiger partial charge in [-0.2, -0.15) is 5.10 Å². The van der Waals surface area contributed by atoms with Crippen LogP contribution in [0, 0.1) is 5.92 Å². The van der Waals surface area contributed by atoms with E-state index in [0.29, 0.717) is 5.92 Å². The average molecular weight is 250 g/mol. The maximum absolute atomic E-state index is 10.9. The van der Waals surface area contributed by atoms with E-state index in [1.807, 2.05) is 17.5 Å². The van der Waals surface area contributed by atoms with Crippen molar-refractivity contribution in [3.63, 3.8) is 0 Å². The SMILES string of the molecule is CC(C)Cn1nc(C(=O)O)cc1-c1cccs1. The molecule has 4 nitrogen and oxygen atoms in total. The molecule has 0 saturated heterocycles. The predicted molar refractivity (Wildman–Crippen MR) is 67.3 cm³/mol. The largest absolute Gasteiger partial charge is 0.476 e. The maximum Gasteiger partial charge on any atom is 0.356 e. The molecular weight excluding hydrogens is 236 g/mol. The highest BCUT2D eigenvalue weighted by molar-refractivity contribution is 7.13. The minimum atomic E-state index is -0.981. The minimum absolute atomic E-state index is 0.106. The molecule has 0 atom stereocenters. The van der Waals surface area contributed by atoms with E-state index in [4.69, 9.17) is 5.11 Å². The number of hydrogen-bond donors (Lipinski definition) is 1. The second-order valence-electron chi connectivity index (χ2n) is 4.27. The van der Waals surface area contributed by atoms with Crippen LogP contribution in [0.2, 0.25) is 0 Å². The summed E-state index contributed by atoms with van der Waals surface area (Å²) < 4.78 is 1.78. The van der Waals surface area contributed by atoms with Crippen molar-refractivity contribution < 1.29 is 9.90 Å². The Balaban J connectivity index is 2.44. The monoisotopic (exact) mass is 250 g/mol. The van der Waals surface area contributed by atoms with Crippen LogP contribution in [-0.2, 0) is 6.54 Å². The fourth-order valence-electron chi connectivity index (χ4n) is 1.63. The second-order valence-corrected chi connectivity index (χ2v) is 5.22. The lowest BCUT2D eigenvalue weighted by Crippen LogP contribution is -2.08. The van der Waals surface area contributed by atoms with E-state index in [-0.39, 0.29) is 5.69 Å². The zero-order chi connectivity index (χ0) is 12.4. The van der Waals surface area contributed by atoms with Gasteiger partial charge in [0.15, 0.2) is 5.69 Å². The summed E-state index contributed by atoms with van der Waals surface area (Å²) in [5.41, 5.74) is 0.986. The lowest BCUT2D eigenvalue weighted by molar-refractivity contribution is 0.0689. The molecule has 90 valence electrons. The van der Waals surface area contributed by atoms with Crippen molar-refractivity contribution in [1.82, 2.24) is 9.78 Å². The van der Waals surface area contributed by atoms with Crippen molar-refractivity contribution >= 4 is 17.3 Å². The van der Waals surface area contributed by atoms with Crippen molar-refractivity contribution in [2.24, 2.45) is 5.92 Å². The Kier molecular flexibility index (Phi) is 3.28. The maximum atomic E-state index is 10.9. The first-order valence-corrected chi connectivity index (χ1v) is 6.31. The summed E-state index contributed by atoms with van der Waals surface area (Å²) in [5, 5.41) is 15.1. The summed E-state index contributed by atoms with van der Waals surface area (Å²) in [5.74, 6) is -0.555. The number of hydrogen-bond acceptors (Lipinski definition) is 3. The van der Waals surface area contributed by atoms with Gasteiger partial charge in [-0.05, 0) is 23.4 Å². The van der Waals surface area contributed by atoms with E-state index in [0.717, 1.165) is 17.1 Å². The van der Waals surface area contributed by atoms with Gasteiger partial charge in [0.2, 0.25) is 0 Å². The molecule has 0 bridgehead atoms. The smallest absolute Gasteiger partial charge is 0.356 e. The van der Waals surface area contributed by atoms with Crippen LogP contribution in [-0.4, -0.2) is 20.9 Å². The first kappa shape index (κ1) is 11.9. The van der Waals surface area contributed by atoms with Gasteiger partial charge in [0, 0.05) is 6.54 Å². The summed E-state index contributed by atoms with van der Waals surface area (Å²) in [7, 11) is 0. The Bertz CT molecular complexity index is 515. The third kappa shape index (κ3) is 2.55. The molecule has 0 aliphatic carbocycles. The van der Waals surface area contributed by atoms with Gasteiger partial charge in [-0.3, -0.25) is 4.68 Å². The Labute approximate surface area is 104 Å². The third-order valence-corrected chi connectivity index (χ3v) is 3.20. The molecule has 17 heavy (non-hydrogen) atoms. The minimum Gasteiger partial charge on any atom is -0.476 e. The molecule has 2 rings (SSSR count). The van der Waals surface area contributed by atoms with E-state index in [1.54, 1.807) is 22.1 Å². The fourth-order valence-corrected chi connectivity index (χ4v) is 2.37. The van der Waals surface area contributed by atoms with Gasteiger partial charge in [-0.1, -0.05) is 19.9 Å². The van der Waals surface area contributed by atoms with Gasteiger partial charge in [0.1, 0.15) is 0 Å². The lowest BCUT2D eigenvalue weighted by Gasteiger charge is -2.08. The van der Waals surface area contributed by atoms with Crippen molar-refractivity contribution in [1.29, 1.82) is 0 Å². The van der Waals surface area contributed by atoms with E-state index in [9.17, 15) is 4.79 Å². The van der Waals surface area contributed by atoms with Gasteiger partial charge in [-0.25, -0.2) is 4.79 Å². The number of thiophene rings is 1. The standard InChI is InChI=1S/C12H14N2O2S/c1-8(2)7-14-10(11-4-3-5-17-11)6-9(13-14)12(15)16/h3-6,8H,7H2,1-2H3,(H,15,16). The molecule has 0 aromatic carbocycles. The van der Waals surface area contributed by atoms with E-state index in [1.165, 1.54) is 0 Å². The van der Waals surface area contributed by atoms with Gasteiger partial charge in [0.25, 0.3) is 0 Å². The van der Waals surface area contributed by atoms with Gasteiger partial charge < -0.3 is 5.11 Å². The van der Waals surface area contributed by atoms with E-state index >= 15 is 0 Å². The van der Waals surface area contributed by atoms with Gasteiger partial charge in [0.05, 0.1) is 10.6 Å². The molecule has 0 unspecified atom stereocenters. The van der Waals surface area contributed by atoms with Gasteiger partial charge in [-0.15, -0.1) is 11.3 Å². The third-order valence-electron chi connectivity index (χ3n) is 2.31. The number of aromatic nitrogens is 2. The molecular formula is C12H14N2O2S. The number of nitrogens with zero attached hydrogens (tertiary/aromatic N) is 2. The molecule has 0 radical (unpaired) electrons. The van der Waals surface area contributed by atoms with Crippen LogP contribution < -0.4 is 0 Å². The number of carboxylic acid groups (broad SMARTS) is 1. The van der Waals surface area contributed by atoms with Gasteiger partial charge >= 0.3 is 5.97 Å². The molecule has 0 aliphatic heterocycles. The van der Waals surface area contributed by atoms with E-state index < -0.39 is 5.97 Å². The molecule has 0 saturated carbocycles. The first-order valence-electron chi connectivity index (χ1n) is 5.43. The molecule has 0 aliphatic rings. The molecule has 2 aromatic rings. The number of aromatic carboxylic acids is 1. The van der Waals surface area contributed by atoms with Crippen molar-refractivity contribution in [2.45, 2.75) is 20.4 Å². The van der Waals surface area contributed by atoms with Crippen LogP contribution in [0.1, 0.15) is 24.3 Å². The van der Waals surface area contributed by atoms with E-state index in [2.05, 4.69) is 18.9 Å². The Morgan fingerprint density at radius 2 is 2.35 bits per heavy atom. The van der Waals surface area contributed by atoms with Crippen molar-refractivity contribution in [3.8, 4) is 10.6 Å². The Morgan fingerprint density at radius 3 is 2.88 bits per heavy atom. The molecule has 0 spiro atoms. The zero-order valence-corrected chi connectivity index (χ0v) is 10.6. The average Bonchev–Trinajstić information content (AvgIpc) is 2.83. The van der Waals surface area contributed by atoms with Crippen LogP contribution in [0.3, 0.4) is 0 Å². The molecule has 5 heteroatoms. The Morgan fingerprint density at radius 1 is 1.59 bits per heavy atom. The topological polar surface area (TPSA) is 55.1 Å². The summed E-state index contributed by atoms with van der Waals surface area (Å²) in [6, 6.07) is 5.56. The van der Waals surface area contributed by atoms with Crippen molar-refractivity contribution in [2.75, 3.05) is 0 Å². The van der Waals surface area contributed by atoms with Crippen LogP contribution in [0.25, 0.3) is 10.6 Å². The number of rotatable bonds is 4. The molecule has 0 fully saturated rings. The summed E-state index contributed by atoms with van der Waals surface area (Å²) in [6.45, 7) is 4.89. The molecule has 2 heterocycles. The lowest BCUT2D eigenvalue weighted by atomic mass is 10.2. The highest BCUT2D eigenvalue weighted by atomic mass is 32.1. The fraction of sp³-hybridized carbons (Fsp3) is 0.333. The summed E-state index contributed by atoms with van der Waals surface area (Å²) in [6.07, 6.45) is 0. The van der Waals surface area contributed by atoms with Crippen LogP contribution >= 0.6 is 11.3 Å². The summed E-state index contributed by atoms with van der Waals surface area (Å²) in [4.78, 5) is 12.0. The highest BCUT2D eigenvalue weighted by Crippen LogP contribution is 2.26. The number of carbonyl (C=O) groups is 1. The number of carboxylic acids is 1. The molecule has 1 N–H and O–H groups in total. The van der Waals surface area contributed by atoms with Crippen LogP contribution in [0.5, 0.6) is 0 Å². The quantitative estimate of drug-likeness (QED) is 0.907. The predicted octanol–water partition coefficient (Wildman–Crippen LogP) is 2.97. The van der Waals surface area contributed by atoms with Crippen LogP contribution in [0.4, 0.5) is 0 Å². The summed E-state index contributed by atoms with van der Waals surface area (Å²) >= 11 is 1.59. The Hall–Kier alpha value is -1.62. The molecule has 0 amide bonds. The zero-order valence-electron chi connectivity index (χ0n) is 9.75. The van der Waals surface area contributed by atoms with Crippen LogP contribution in [0.15, 0.2) is 23.6 Å². The van der Waals surface area contributed by atoms with Crippen molar-refractivity contribution in [3.05, 3.63) is 29.3 Å². The normalized spacial score (nSPS) is 11.0.